The number of ether oxygens (including phenoxy) is 1. The van der Waals surface area contributed by atoms with Gasteiger partial charge in [-0.15, -0.1) is 0 Å². The van der Waals surface area contributed by atoms with Crippen LogP contribution in [0.2, 0.25) is 0 Å². The van der Waals surface area contributed by atoms with E-state index in [-0.39, 0.29) is 5.91 Å². The van der Waals surface area contributed by atoms with Crippen molar-refractivity contribution in [3.63, 3.8) is 0 Å². The number of aryl methyl sites for hydroxylation is 2. The van der Waals surface area contributed by atoms with E-state index >= 15 is 0 Å². The zero-order valence-corrected chi connectivity index (χ0v) is 19.0. The average Bonchev–Trinajstić information content (AvgIpc) is 3.18. The van der Waals surface area contributed by atoms with E-state index in [1.54, 1.807) is 12.1 Å². The molecule has 0 atom stereocenters. The maximum absolute atomic E-state index is 12.8. The van der Waals surface area contributed by atoms with Crippen molar-refractivity contribution in [2.24, 2.45) is 0 Å². The number of nitrogens with zero attached hydrogens (tertiary/aromatic N) is 1. The van der Waals surface area contributed by atoms with Crippen LogP contribution in [0.1, 0.15) is 46.8 Å². The summed E-state index contributed by atoms with van der Waals surface area (Å²) in [5.74, 6) is 1.15. The molecule has 0 bridgehead atoms. The molecule has 4 rings (SSSR count). The molecule has 1 amide bonds. The Hall–Kier alpha value is -3.60. The summed E-state index contributed by atoms with van der Waals surface area (Å²) >= 11 is 0. The van der Waals surface area contributed by atoms with Gasteiger partial charge in [0.15, 0.2) is 5.58 Å². The molecule has 5 nitrogen and oxygen atoms in total. The fourth-order valence-electron chi connectivity index (χ4n) is 3.53. The summed E-state index contributed by atoms with van der Waals surface area (Å²) in [5.41, 5.74) is 7.00. The molecule has 4 aromatic rings. The van der Waals surface area contributed by atoms with Gasteiger partial charge in [-0.3, -0.25) is 4.79 Å². The molecule has 0 aliphatic rings. The Labute approximate surface area is 188 Å². The summed E-state index contributed by atoms with van der Waals surface area (Å²) in [4.78, 5) is 17.5. The molecule has 0 radical (unpaired) electrons. The van der Waals surface area contributed by atoms with Gasteiger partial charge in [0.05, 0.1) is 6.61 Å². The summed E-state index contributed by atoms with van der Waals surface area (Å²) in [7, 11) is 0. The highest BCUT2D eigenvalue weighted by atomic mass is 16.5. The lowest BCUT2D eigenvalue weighted by molar-refractivity contribution is 0.102. The molecule has 32 heavy (non-hydrogen) atoms. The number of benzene rings is 3. The Bertz CT molecular complexity index is 1220. The molecule has 0 spiro atoms. The standard InChI is InChI=1S/C27H28N2O3/c1-5-6-14-31-21-12-10-20(11-13-21)26(30)28-23-9-7-8-22(19(23)4)27-29-24-15-17(2)18(3)16-25(24)32-27/h7-13,15-16H,5-6,14H2,1-4H3,(H,28,30). The number of carbonyl (C=O) groups excluding carboxylic acids is 1. The van der Waals surface area contributed by atoms with Crippen LogP contribution in [0.25, 0.3) is 22.6 Å². The minimum atomic E-state index is -0.172. The minimum absolute atomic E-state index is 0.172. The molecule has 1 aromatic heterocycles. The predicted molar refractivity (Wildman–Crippen MR) is 128 cm³/mol. The quantitative estimate of drug-likeness (QED) is 0.327. The second-order valence-electron chi connectivity index (χ2n) is 8.08. The van der Waals surface area contributed by atoms with Crippen molar-refractivity contribution in [3.8, 4) is 17.2 Å². The van der Waals surface area contributed by atoms with Gasteiger partial charge in [0.25, 0.3) is 5.91 Å². The van der Waals surface area contributed by atoms with Gasteiger partial charge in [-0.05, 0) is 92.4 Å². The zero-order valence-electron chi connectivity index (χ0n) is 19.0. The normalized spacial score (nSPS) is 11.0. The average molecular weight is 429 g/mol. The fourth-order valence-corrected chi connectivity index (χ4v) is 3.53. The Morgan fingerprint density at radius 3 is 2.53 bits per heavy atom. The molecule has 5 heteroatoms. The Morgan fingerprint density at radius 1 is 1.03 bits per heavy atom. The number of nitrogens with one attached hydrogen (secondary N) is 1. The lowest BCUT2D eigenvalue weighted by Gasteiger charge is -2.11. The molecular weight excluding hydrogens is 400 g/mol. The van der Waals surface area contributed by atoms with Crippen LogP contribution in [-0.4, -0.2) is 17.5 Å². The van der Waals surface area contributed by atoms with Gasteiger partial charge in [0, 0.05) is 16.8 Å². The highest BCUT2D eigenvalue weighted by Gasteiger charge is 2.15. The van der Waals surface area contributed by atoms with Crippen molar-refractivity contribution in [2.45, 2.75) is 40.5 Å². The Balaban J connectivity index is 1.54. The second-order valence-corrected chi connectivity index (χ2v) is 8.08. The maximum atomic E-state index is 12.8. The smallest absolute Gasteiger partial charge is 0.255 e. The van der Waals surface area contributed by atoms with E-state index in [1.165, 1.54) is 11.1 Å². The summed E-state index contributed by atoms with van der Waals surface area (Å²) in [5, 5.41) is 3.01. The first kappa shape index (κ1) is 21.6. The first-order valence-corrected chi connectivity index (χ1v) is 11.0. The molecule has 0 saturated heterocycles. The van der Waals surface area contributed by atoms with Gasteiger partial charge in [0.2, 0.25) is 5.89 Å². The summed E-state index contributed by atoms with van der Waals surface area (Å²) in [6.07, 6.45) is 2.10. The monoisotopic (exact) mass is 428 g/mol. The van der Waals surface area contributed by atoms with Crippen molar-refractivity contribution >= 4 is 22.7 Å². The third-order valence-corrected chi connectivity index (χ3v) is 5.70. The highest BCUT2D eigenvalue weighted by molar-refractivity contribution is 6.05. The van der Waals surface area contributed by atoms with Crippen LogP contribution in [0.15, 0.2) is 59.0 Å². The van der Waals surface area contributed by atoms with Crippen LogP contribution in [0.5, 0.6) is 5.75 Å². The first-order valence-electron chi connectivity index (χ1n) is 11.0. The highest BCUT2D eigenvalue weighted by Crippen LogP contribution is 2.31. The molecule has 164 valence electrons. The number of aromatic nitrogens is 1. The van der Waals surface area contributed by atoms with E-state index in [1.807, 2.05) is 49.4 Å². The van der Waals surface area contributed by atoms with Gasteiger partial charge in [-0.2, -0.15) is 0 Å². The van der Waals surface area contributed by atoms with Crippen LogP contribution in [-0.2, 0) is 0 Å². The lowest BCUT2D eigenvalue weighted by atomic mass is 10.1. The van der Waals surface area contributed by atoms with Crippen LogP contribution in [0.4, 0.5) is 5.69 Å². The number of hydrogen-bond donors (Lipinski definition) is 1. The van der Waals surface area contributed by atoms with Crippen LogP contribution < -0.4 is 10.1 Å². The van der Waals surface area contributed by atoms with Crippen molar-refractivity contribution in [2.75, 3.05) is 11.9 Å². The van der Waals surface area contributed by atoms with E-state index < -0.39 is 0 Å². The molecule has 0 aliphatic carbocycles. The third-order valence-electron chi connectivity index (χ3n) is 5.70. The number of amides is 1. The maximum Gasteiger partial charge on any atom is 0.255 e. The van der Waals surface area contributed by atoms with E-state index in [0.717, 1.165) is 46.5 Å². The van der Waals surface area contributed by atoms with Crippen LogP contribution in [0, 0.1) is 20.8 Å². The third kappa shape index (κ3) is 4.52. The Kier molecular flexibility index (Phi) is 6.26. The SMILES string of the molecule is CCCCOc1ccc(C(=O)Nc2cccc(-c3nc4cc(C)c(C)cc4o3)c2C)cc1. The minimum Gasteiger partial charge on any atom is -0.494 e. The largest absolute Gasteiger partial charge is 0.494 e. The molecule has 0 aliphatic heterocycles. The number of hydrogen-bond acceptors (Lipinski definition) is 4. The number of carbonyl (C=O) groups is 1. The molecule has 3 aromatic carbocycles. The molecule has 0 saturated carbocycles. The van der Waals surface area contributed by atoms with Gasteiger partial charge < -0.3 is 14.5 Å². The predicted octanol–water partition coefficient (Wildman–Crippen LogP) is 6.85. The lowest BCUT2D eigenvalue weighted by Crippen LogP contribution is -2.13. The fraction of sp³-hybridized carbons (Fsp3) is 0.259. The molecule has 1 N–H and O–H groups in total. The summed E-state index contributed by atoms with van der Waals surface area (Å²) < 4.78 is 11.7. The van der Waals surface area contributed by atoms with Crippen molar-refractivity contribution in [1.29, 1.82) is 0 Å². The number of unbranched alkanes of at least 4 members (excludes halogenated alkanes) is 1. The number of fused-ring (bicyclic) bond motifs is 1. The second kappa shape index (κ2) is 9.27. The summed E-state index contributed by atoms with van der Waals surface area (Å²) in [6.45, 7) is 8.89. The molecule has 1 heterocycles. The van der Waals surface area contributed by atoms with Crippen molar-refractivity contribution < 1.29 is 13.9 Å². The molecular formula is C27H28N2O3. The van der Waals surface area contributed by atoms with E-state index in [9.17, 15) is 4.79 Å². The van der Waals surface area contributed by atoms with Gasteiger partial charge in [-0.25, -0.2) is 4.98 Å². The Morgan fingerprint density at radius 2 is 1.78 bits per heavy atom. The summed E-state index contributed by atoms with van der Waals surface area (Å²) in [6, 6.07) is 17.0. The van der Waals surface area contributed by atoms with Gasteiger partial charge in [-0.1, -0.05) is 19.4 Å². The van der Waals surface area contributed by atoms with Gasteiger partial charge >= 0.3 is 0 Å². The first-order chi connectivity index (χ1) is 15.5. The van der Waals surface area contributed by atoms with Crippen molar-refractivity contribution in [3.05, 3.63) is 76.9 Å². The van der Waals surface area contributed by atoms with Gasteiger partial charge in [0.1, 0.15) is 11.3 Å². The zero-order chi connectivity index (χ0) is 22.7. The van der Waals surface area contributed by atoms with Crippen LogP contribution >= 0.6 is 0 Å². The molecule has 0 unspecified atom stereocenters. The number of anilines is 1. The van der Waals surface area contributed by atoms with E-state index in [2.05, 4.69) is 31.1 Å². The van der Waals surface area contributed by atoms with E-state index in [4.69, 9.17) is 9.15 Å². The van der Waals surface area contributed by atoms with Crippen molar-refractivity contribution in [1.82, 2.24) is 4.98 Å². The topological polar surface area (TPSA) is 64.4 Å². The number of oxazole rings is 1. The van der Waals surface area contributed by atoms with E-state index in [0.29, 0.717) is 18.1 Å². The molecule has 0 fully saturated rings. The van der Waals surface area contributed by atoms with Crippen LogP contribution in [0.3, 0.4) is 0 Å². The number of rotatable bonds is 7.